The quantitative estimate of drug-likeness (QED) is 0.902. The molecule has 2 N–H and O–H groups in total. The van der Waals surface area contributed by atoms with Gasteiger partial charge in [-0.1, -0.05) is 6.07 Å². The summed E-state index contributed by atoms with van der Waals surface area (Å²) in [5, 5.41) is 6.91. The van der Waals surface area contributed by atoms with Gasteiger partial charge in [0, 0.05) is 42.8 Å². The predicted octanol–water partition coefficient (Wildman–Crippen LogP) is 2.57. The number of aliphatic imine (C=N–C) groups is 1. The Balaban J connectivity index is 1.63. The second-order valence-electron chi connectivity index (χ2n) is 6.68. The average molecular weight is 336 g/mol. The largest absolute Gasteiger partial charge is 0.340 e. The van der Waals surface area contributed by atoms with Gasteiger partial charge < -0.3 is 15.5 Å². The summed E-state index contributed by atoms with van der Waals surface area (Å²) in [5.41, 5.74) is 5.61. The summed E-state index contributed by atoms with van der Waals surface area (Å²) in [6, 6.07) is 6.37. The molecule has 0 radical (unpaired) electrons. The van der Waals surface area contributed by atoms with Crippen LogP contribution in [-0.2, 0) is 6.54 Å². The highest BCUT2D eigenvalue weighted by molar-refractivity contribution is 5.86. The minimum absolute atomic E-state index is 0.786. The Labute approximate surface area is 148 Å². The Morgan fingerprint density at radius 3 is 2.96 bits per heavy atom. The highest BCUT2D eigenvalue weighted by atomic mass is 15.3. The fraction of sp³-hybridized carbons (Fsp3) is 0.421. The van der Waals surface area contributed by atoms with Crippen LogP contribution in [0.15, 0.2) is 23.2 Å². The van der Waals surface area contributed by atoms with Crippen molar-refractivity contribution in [2.75, 3.05) is 36.4 Å². The molecule has 1 fully saturated rings. The van der Waals surface area contributed by atoms with Crippen molar-refractivity contribution < 1.29 is 0 Å². The minimum atomic E-state index is 0.786. The maximum atomic E-state index is 4.83. The third-order valence-electron chi connectivity index (χ3n) is 4.90. The molecule has 6 nitrogen and oxygen atoms in total. The van der Waals surface area contributed by atoms with Crippen LogP contribution in [0.1, 0.15) is 28.8 Å². The number of nitrogens with one attached hydrogen (secondary N) is 2. The van der Waals surface area contributed by atoms with Gasteiger partial charge in [0.1, 0.15) is 5.82 Å². The number of hydrogen-bond donors (Lipinski definition) is 2. The lowest BCUT2D eigenvalue weighted by atomic mass is 10.1. The summed E-state index contributed by atoms with van der Waals surface area (Å²) in [6.45, 7) is 8.87. The van der Waals surface area contributed by atoms with Crippen molar-refractivity contribution in [2.24, 2.45) is 4.99 Å². The molecule has 2 aromatic rings. The lowest BCUT2D eigenvalue weighted by Crippen LogP contribution is -2.30. The maximum Gasteiger partial charge on any atom is 0.227 e. The fourth-order valence-corrected chi connectivity index (χ4v) is 3.24. The van der Waals surface area contributed by atoms with E-state index in [-0.39, 0.29) is 0 Å². The smallest absolute Gasteiger partial charge is 0.227 e. The fourth-order valence-electron chi connectivity index (χ4n) is 3.24. The van der Waals surface area contributed by atoms with Gasteiger partial charge in [-0.05, 0) is 50.1 Å². The first-order chi connectivity index (χ1) is 12.2. The van der Waals surface area contributed by atoms with E-state index >= 15 is 0 Å². The molecule has 130 valence electrons. The summed E-state index contributed by atoms with van der Waals surface area (Å²) < 4.78 is 0. The minimum Gasteiger partial charge on any atom is -0.340 e. The highest BCUT2D eigenvalue weighted by Crippen LogP contribution is 2.26. The Hall–Kier alpha value is -2.47. The molecule has 0 aliphatic carbocycles. The van der Waals surface area contributed by atoms with Gasteiger partial charge in [-0.2, -0.15) is 4.98 Å². The van der Waals surface area contributed by atoms with Crippen LogP contribution in [0.3, 0.4) is 0 Å². The first-order valence-electron chi connectivity index (χ1n) is 8.91. The lowest BCUT2D eigenvalue weighted by Gasteiger charge is -2.22. The number of nitrogens with zero attached hydrogens (tertiary/aromatic N) is 4. The Kier molecular flexibility index (Phi) is 4.36. The van der Waals surface area contributed by atoms with Crippen molar-refractivity contribution in [1.82, 2.24) is 15.3 Å². The van der Waals surface area contributed by atoms with Crippen molar-refractivity contribution in [3.8, 4) is 0 Å². The molecule has 0 saturated carbocycles. The van der Waals surface area contributed by atoms with Crippen molar-refractivity contribution in [3.63, 3.8) is 0 Å². The summed E-state index contributed by atoms with van der Waals surface area (Å²) in [5.74, 6) is 1.70. The molecule has 0 bridgehead atoms. The highest BCUT2D eigenvalue weighted by Gasteiger charge is 2.16. The van der Waals surface area contributed by atoms with Crippen molar-refractivity contribution in [2.45, 2.75) is 26.8 Å². The SMILES string of the molecule is Cc1nc(N2CCCNCC2)nc(Nc2ccc3c(c2)C=NC3)c1C. The number of rotatable bonds is 3. The molecule has 6 heteroatoms. The molecule has 1 aromatic heterocycles. The van der Waals surface area contributed by atoms with Gasteiger partial charge in [-0.25, -0.2) is 4.98 Å². The monoisotopic (exact) mass is 336 g/mol. The topological polar surface area (TPSA) is 65.4 Å². The van der Waals surface area contributed by atoms with Crippen LogP contribution in [0.4, 0.5) is 17.5 Å². The molecule has 2 aliphatic rings. The summed E-state index contributed by atoms with van der Waals surface area (Å²) in [6.07, 6.45) is 3.05. The molecule has 0 spiro atoms. The standard InChI is InChI=1S/C19H24N6/c1-13-14(2)22-19(25-8-3-6-20-7-9-25)24-18(13)23-17-5-4-15-11-21-12-16(15)10-17/h4-5,10,12,20H,3,6-9,11H2,1-2H3,(H,22,23,24). The zero-order valence-corrected chi connectivity index (χ0v) is 14.8. The zero-order valence-electron chi connectivity index (χ0n) is 14.8. The number of aryl methyl sites for hydroxylation is 1. The zero-order chi connectivity index (χ0) is 17.2. The molecule has 4 rings (SSSR count). The van der Waals surface area contributed by atoms with E-state index in [1.807, 2.05) is 6.21 Å². The first-order valence-corrected chi connectivity index (χ1v) is 8.91. The van der Waals surface area contributed by atoms with Gasteiger partial charge in [-0.15, -0.1) is 0 Å². The van der Waals surface area contributed by atoms with Gasteiger partial charge in [0.25, 0.3) is 0 Å². The molecular formula is C19H24N6. The number of hydrogen-bond acceptors (Lipinski definition) is 6. The predicted molar refractivity (Wildman–Crippen MR) is 102 cm³/mol. The van der Waals surface area contributed by atoms with E-state index in [1.165, 1.54) is 11.1 Å². The number of anilines is 3. The summed E-state index contributed by atoms with van der Waals surface area (Å²) >= 11 is 0. The molecule has 25 heavy (non-hydrogen) atoms. The van der Waals surface area contributed by atoms with Crippen LogP contribution in [0, 0.1) is 13.8 Å². The maximum absolute atomic E-state index is 4.83. The average Bonchev–Trinajstić information content (AvgIpc) is 2.90. The Bertz CT molecular complexity index is 806. The normalized spacial score (nSPS) is 16.6. The van der Waals surface area contributed by atoms with E-state index in [1.54, 1.807) is 0 Å². The first kappa shape index (κ1) is 16.0. The van der Waals surface area contributed by atoms with Gasteiger partial charge >= 0.3 is 0 Å². The lowest BCUT2D eigenvalue weighted by molar-refractivity contribution is 0.724. The molecule has 0 amide bonds. The van der Waals surface area contributed by atoms with Crippen molar-refractivity contribution in [3.05, 3.63) is 40.6 Å². The van der Waals surface area contributed by atoms with Crippen LogP contribution in [0.25, 0.3) is 0 Å². The van der Waals surface area contributed by atoms with Gasteiger partial charge in [0.15, 0.2) is 0 Å². The van der Waals surface area contributed by atoms with Crippen LogP contribution in [0.5, 0.6) is 0 Å². The molecule has 1 saturated heterocycles. The Morgan fingerprint density at radius 1 is 1.12 bits per heavy atom. The Morgan fingerprint density at radius 2 is 2.04 bits per heavy atom. The van der Waals surface area contributed by atoms with Crippen LogP contribution < -0.4 is 15.5 Å². The third-order valence-corrected chi connectivity index (χ3v) is 4.90. The van der Waals surface area contributed by atoms with E-state index in [2.05, 4.69) is 52.6 Å². The van der Waals surface area contributed by atoms with E-state index in [4.69, 9.17) is 9.97 Å². The summed E-state index contributed by atoms with van der Waals surface area (Å²) in [4.78, 5) is 16.1. The molecule has 3 heterocycles. The van der Waals surface area contributed by atoms with Crippen molar-refractivity contribution in [1.29, 1.82) is 0 Å². The van der Waals surface area contributed by atoms with Crippen LogP contribution in [0.2, 0.25) is 0 Å². The molecule has 0 unspecified atom stereocenters. The third kappa shape index (κ3) is 3.35. The van der Waals surface area contributed by atoms with Crippen molar-refractivity contribution >= 4 is 23.7 Å². The number of aromatic nitrogens is 2. The van der Waals surface area contributed by atoms with Gasteiger partial charge in [0.05, 0.1) is 6.54 Å². The number of fused-ring (bicyclic) bond motifs is 1. The van der Waals surface area contributed by atoms with Crippen LogP contribution in [-0.4, -0.2) is 42.4 Å². The van der Waals surface area contributed by atoms with E-state index in [9.17, 15) is 0 Å². The van der Waals surface area contributed by atoms with E-state index < -0.39 is 0 Å². The van der Waals surface area contributed by atoms with Gasteiger partial charge in [0.2, 0.25) is 5.95 Å². The molecule has 1 aromatic carbocycles. The van der Waals surface area contributed by atoms with Gasteiger partial charge in [-0.3, -0.25) is 4.99 Å². The van der Waals surface area contributed by atoms with E-state index in [0.717, 1.165) is 67.9 Å². The second kappa shape index (κ2) is 6.80. The van der Waals surface area contributed by atoms with Crippen LogP contribution >= 0.6 is 0 Å². The number of benzene rings is 1. The molecular weight excluding hydrogens is 312 g/mol. The molecule has 0 atom stereocenters. The van der Waals surface area contributed by atoms with E-state index in [0.29, 0.717) is 0 Å². The summed E-state index contributed by atoms with van der Waals surface area (Å²) in [7, 11) is 0. The molecule has 2 aliphatic heterocycles. The second-order valence-corrected chi connectivity index (χ2v) is 6.68.